The molecule has 0 aliphatic heterocycles. The standard InChI is InChI=1S/C11H23NO/c1-3-13-11(9(2)12)10-7-5-4-6-8-10/h9-11H,3-8,12H2,1-2H3/t9-,11?/m1/s1. The van der Waals surface area contributed by atoms with Crippen molar-refractivity contribution < 1.29 is 4.74 Å². The third kappa shape index (κ3) is 3.28. The second-order valence-corrected chi connectivity index (χ2v) is 4.18. The number of hydrogen-bond acceptors (Lipinski definition) is 2. The maximum atomic E-state index is 5.93. The maximum Gasteiger partial charge on any atom is 0.0751 e. The molecule has 2 nitrogen and oxygen atoms in total. The molecule has 1 saturated carbocycles. The van der Waals surface area contributed by atoms with Crippen LogP contribution < -0.4 is 5.73 Å². The lowest BCUT2D eigenvalue weighted by molar-refractivity contribution is -0.00558. The summed E-state index contributed by atoms with van der Waals surface area (Å²) in [5, 5.41) is 0. The molecule has 0 radical (unpaired) electrons. The molecule has 2 N–H and O–H groups in total. The van der Waals surface area contributed by atoms with E-state index < -0.39 is 0 Å². The van der Waals surface area contributed by atoms with Gasteiger partial charge in [-0.2, -0.15) is 0 Å². The van der Waals surface area contributed by atoms with Gasteiger partial charge in [0.2, 0.25) is 0 Å². The molecule has 0 aromatic heterocycles. The molecule has 0 aromatic rings. The minimum absolute atomic E-state index is 0.183. The van der Waals surface area contributed by atoms with Crippen LogP contribution in [0, 0.1) is 5.92 Å². The van der Waals surface area contributed by atoms with E-state index in [4.69, 9.17) is 10.5 Å². The van der Waals surface area contributed by atoms with Gasteiger partial charge in [-0.1, -0.05) is 19.3 Å². The first-order chi connectivity index (χ1) is 6.25. The molecule has 0 bridgehead atoms. The van der Waals surface area contributed by atoms with Crippen LogP contribution in [-0.2, 0) is 4.74 Å². The van der Waals surface area contributed by atoms with E-state index in [1.54, 1.807) is 0 Å². The molecule has 1 unspecified atom stereocenters. The van der Waals surface area contributed by atoms with E-state index in [9.17, 15) is 0 Å². The first kappa shape index (κ1) is 11.0. The van der Waals surface area contributed by atoms with Crippen LogP contribution in [0.4, 0.5) is 0 Å². The second kappa shape index (κ2) is 5.61. The van der Waals surface area contributed by atoms with Crippen molar-refractivity contribution in [3.8, 4) is 0 Å². The van der Waals surface area contributed by atoms with E-state index in [0.717, 1.165) is 6.61 Å². The lowest BCUT2D eigenvalue weighted by Crippen LogP contribution is -2.40. The fourth-order valence-electron chi connectivity index (χ4n) is 2.37. The minimum Gasteiger partial charge on any atom is -0.377 e. The van der Waals surface area contributed by atoms with Crippen molar-refractivity contribution in [3.05, 3.63) is 0 Å². The third-order valence-corrected chi connectivity index (χ3v) is 2.99. The van der Waals surface area contributed by atoms with Crippen molar-refractivity contribution in [2.45, 2.75) is 58.1 Å². The van der Waals surface area contributed by atoms with Gasteiger partial charge in [0, 0.05) is 12.6 Å². The Morgan fingerprint density at radius 3 is 2.38 bits per heavy atom. The van der Waals surface area contributed by atoms with Crippen LogP contribution in [0.1, 0.15) is 46.0 Å². The Bertz CT molecular complexity index is 130. The first-order valence-electron chi connectivity index (χ1n) is 5.63. The van der Waals surface area contributed by atoms with Gasteiger partial charge in [0.15, 0.2) is 0 Å². The Labute approximate surface area is 81.8 Å². The summed E-state index contributed by atoms with van der Waals surface area (Å²) in [5.74, 6) is 0.716. The van der Waals surface area contributed by atoms with Crippen LogP contribution in [-0.4, -0.2) is 18.8 Å². The zero-order chi connectivity index (χ0) is 9.68. The Hall–Kier alpha value is -0.0800. The van der Waals surface area contributed by atoms with E-state index in [1.165, 1.54) is 32.1 Å². The average molecular weight is 185 g/mol. The SMILES string of the molecule is CCOC(C1CCCCC1)[C@@H](C)N. The molecular weight excluding hydrogens is 162 g/mol. The second-order valence-electron chi connectivity index (χ2n) is 4.18. The Morgan fingerprint density at radius 2 is 1.92 bits per heavy atom. The van der Waals surface area contributed by atoms with Crippen LogP contribution in [0.15, 0.2) is 0 Å². The Kier molecular flexibility index (Phi) is 4.74. The van der Waals surface area contributed by atoms with Crippen molar-refractivity contribution in [2.24, 2.45) is 11.7 Å². The smallest absolute Gasteiger partial charge is 0.0751 e. The van der Waals surface area contributed by atoms with Gasteiger partial charge in [-0.05, 0) is 32.6 Å². The first-order valence-corrected chi connectivity index (χ1v) is 5.63. The van der Waals surface area contributed by atoms with Gasteiger partial charge in [0.05, 0.1) is 6.10 Å². The van der Waals surface area contributed by atoms with Crippen LogP contribution in [0.3, 0.4) is 0 Å². The van der Waals surface area contributed by atoms with Crippen molar-refractivity contribution in [1.29, 1.82) is 0 Å². The van der Waals surface area contributed by atoms with Gasteiger partial charge in [-0.25, -0.2) is 0 Å². The number of hydrogen-bond donors (Lipinski definition) is 1. The predicted octanol–water partition coefficient (Wildman–Crippen LogP) is 2.32. The van der Waals surface area contributed by atoms with Gasteiger partial charge in [0.25, 0.3) is 0 Å². The summed E-state index contributed by atoms with van der Waals surface area (Å²) in [5.41, 5.74) is 5.93. The summed E-state index contributed by atoms with van der Waals surface area (Å²) in [6.45, 7) is 4.91. The lowest BCUT2D eigenvalue weighted by Gasteiger charge is -2.32. The highest BCUT2D eigenvalue weighted by molar-refractivity contribution is 4.80. The maximum absolute atomic E-state index is 5.93. The fraction of sp³-hybridized carbons (Fsp3) is 1.00. The molecule has 0 heterocycles. The van der Waals surface area contributed by atoms with Gasteiger partial charge in [-0.15, -0.1) is 0 Å². The van der Waals surface area contributed by atoms with Crippen LogP contribution in [0.5, 0.6) is 0 Å². The summed E-state index contributed by atoms with van der Waals surface area (Å²) in [6, 6.07) is 0.183. The highest BCUT2D eigenvalue weighted by Gasteiger charge is 2.26. The predicted molar refractivity (Wildman–Crippen MR) is 55.6 cm³/mol. The van der Waals surface area contributed by atoms with Gasteiger partial charge < -0.3 is 10.5 Å². The molecule has 1 aliphatic rings. The molecule has 0 saturated heterocycles. The fourth-order valence-corrected chi connectivity index (χ4v) is 2.37. The molecule has 1 fully saturated rings. The largest absolute Gasteiger partial charge is 0.377 e. The zero-order valence-electron chi connectivity index (χ0n) is 8.96. The van der Waals surface area contributed by atoms with Crippen molar-refractivity contribution in [2.75, 3.05) is 6.61 Å². The molecule has 1 aliphatic carbocycles. The topological polar surface area (TPSA) is 35.2 Å². The molecule has 0 amide bonds. The monoisotopic (exact) mass is 185 g/mol. The summed E-state index contributed by atoms with van der Waals surface area (Å²) < 4.78 is 5.72. The minimum atomic E-state index is 0.183. The molecule has 0 aromatic carbocycles. The molecule has 1 rings (SSSR count). The van der Waals surface area contributed by atoms with Gasteiger partial charge >= 0.3 is 0 Å². The molecular formula is C11H23NO. The van der Waals surface area contributed by atoms with Gasteiger partial charge in [-0.3, -0.25) is 0 Å². The van der Waals surface area contributed by atoms with E-state index in [1.807, 2.05) is 0 Å². The normalized spacial score (nSPS) is 24.2. The van der Waals surface area contributed by atoms with Crippen LogP contribution in [0.2, 0.25) is 0 Å². The zero-order valence-corrected chi connectivity index (χ0v) is 8.96. The van der Waals surface area contributed by atoms with E-state index >= 15 is 0 Å². The third-order valence-electron chi connectivity index (χ3n) is 2.99. The average Bonchev–Trinajstić information content (AvgIpc) is 2.15. The van der Waals surface area contributed by atoms with Crippen LogP contribution in [0.25, 0.3) is 0 Å². The molecule has 2 heteroatoms. The van der Waals surface area contributed by atoms with Crippen molar-refractivity contribution in [1.82, 2.24) is 0 Å². The van der Waals surface area contributed by atoms with Gasteiger partial charge in [0.1, 0.15) is 0 Å². The quantitative estimate of drug-likeness (QED) is 0.729. The van der Waals surface area contributed by atoms with E-state index in [0.29, 0.717) is 12.0 Å². The number of nitrogens with two attached hydrogens (primary N) is 1. The summed E-state index contributed by atoms with van der Waals surface area (Å²) in [4.78, 5) is 0. The summed E-state index contributed by atoms with van der Waals surface area (Å²) >= 11 is 0. The number of rotatable bonds is 4. The Morgan fingerprint density at radius 1 is 1.31 bits per heavy atom. The molecule has 0 spiro atoms. The summed E-state index contributed by atoms with van der Waals surface area (Å²) in [6.07, 6.45) is 7.04. The van der Waals surface area contributed by atoms with E-state index in [2.05, 4.69) is 13.8 Å². The van der Waals surface area contributed by atoms with E-state index in [-0.39, 0.29) is 6.04 Å². The molecule has 78 valence electrons. The highest BCUT2D eigenvalue weighted by Crippen LogP contribution is 2.28. The number of ether oxygens (including phenoxy) is 1. The highest BCUT2D eigenvalue weighted by atomic mass is 16.5. The summed E-state index contributed by atoms with van der Waals surface area (Å²) in [7, 11) is 0. The van der Waals surface area contributed by atoms with Crippen LogP contribution >= 0.6 is 0 Å². The van der Waals surface area contributed by atoms with Crippen molar-refractivity contribution in [3.63, 3.8) is 0 Å². The Balaban J connectivity index is 2.41. The lowest BCUT2D eigenvalue weighted by atomic mass is 9.83. The van der Waals surface area contributed by atoms with Crippen molar-refractivity contribution >= 4 is 0 Å². The molecule has 13 heavy (non-hydrogen) atoms. The molecule has 2 atom stereocenters.